The van der Waals surface area contributed by atoms with Crippen LogP contribution in [0.25, 0.3) is 0 Å². The number of amides is 2. The van der Waals surface area contributed by atoms with Crippen LogP contribution in [0.4, 0.5) is 5.69 Å². The number of piperazine rings is 1. The summed E-state index contributed by atoms with van der Waals surface area (Å²) in [6, 6.07) is 5.63. The Bertz CT molecular complexity index is 609. The lowest BCUT2D eigenvalue weighted by molar-refractivity contribution is -0.138. The van der Waals surface area contributed by atoms with Crippen LogP contribution in [0.3, 0.4) is 0 Å². The van der Waals surface area contributed by atoms with E-state index >= 15 is 0 Å². The molecule has 1 fully saturated rings. The number of aryl methyl sites for hydroxylation is 1. The van der Waals surface area contributed by atoms with Crippen molar-refractivity contribution in [1.29, 1.82) is 0 Å². The Kier molecular flexibility index (Phi) is 4.52. The van der Waals surface area contributed by atoms with Gasteiger partial charge in [-0.25, -0.2) is 0 Å². The van der Waals surface area contributed by atoms with Gasteiger partial charge in [0.1, 0.15) is 5.75 Å². The van der Waals surface area contributed by atoms with Crippen LogP contribution >= 0.6 is 0 Å². The van der Waals surface area contributed by atoms with Crippen LogP contribution in [0.5, 0.6) is 5.75 Å². The number of nitrogens with one attached hydrogen (secondary N) is 1. The second-order valence-corrected chi connectivity index (χ2v) is 6.11. The highest BCUT2D eigenvalue weighted by molar-refractivity contribution is 6.00. The third-order valence-electron chi connectivity index (χ3n) is 4.49. The quantitative estimate of drug-likeness (QED) is 0.911. The van der Waals surface area contributed by atoms with Crippen molar-refractivity contribution < 1.29 is 14.3 Å². The summed E-state index contributed by atoms with van der Waals surface area (Å²) in [5, 5.41) is 2.83. The van der Waals surface area contributed by atoms with Crippen LogP contribution in [0.2, 0.25) is 0 Å². The lowest BCUT2D eigenvalue weighted by Crippen LogP contribution is -2.50. The molecule has 2 aliphatic heterocycles. The Morgan fingerprint density at radius 1 is 1.30 bits per heavy atom. The molecule has 6 nitrogen and oxygen atoms in total. The summed E-state index contributed by atoms with van der Waals surface area (Å²) in [5.74, 6) is 0.365. The van der Waals surface area contributed by atoms with E-state index < -0.39 is 6.10 Å². The molecular formula is C17H23N3O3. The average Bonchev–Trinajstić information content (AvgIpc) is 2.55. The standard InChI is InChI=1S/C17H23N3O3/c1-3-19-6-8-20(9-7-19)16(21)11-15-17(22)18-13-10-12(2)4-5-14(13)23-15/h4-5,10,15H,3,6-9,11H2,1-2H3,(H,18,22). The summed E-state index contributed by atoms with van der Waals surface area (Å²) >= 11 is 0. The SMILES string of the molecule is CCN1CCN(C(=O)CC2Oc3ccc(C)cc3NC2=O)CC1. The predicted octanol–water partition coefficient (Wildman–Crippen LogP) is 1.25. The van der Waals surface area contributed by atoms with E-state index in [1.807, 2.05) is 30.0 Å². The fourth-order valence-electron chi connectivity index (χ4n) is 3.00. The van der Waals surface area contributed by atoms with Crippen molar-refractivity contribution in [2.75, 3.05) is 38.0 Å². The van der Waals surface area contributed by atoms with E-state index in [1.165, 1.54) is 0 Å². The Hall–Kier alpha value is -2.08. The first kappa shape index (κ1) is 15.8. The minimum absolute atomic E-state index is 0.0172. The number of benzene rings is 1. The van der Waals surface area contributed by atoms with E-state index in [0.717, 1.165) is 38.3 Å². The van der Waals surface area contributed by atoms with Gasteiger partial charge in [-0.1, -0.05) is 13.0 Å². The van der Waals surface area contributed by atoms with Gasteiger partial charge in [0.05, 0.1) is 12.1 Å². The molecule has 1 aromatic carbocycles. The normalized spacial score (nSPS) is 21.4. The molecule has 6 heteroatoms. The first-order valence-corrected chi connectivity index (χ1v) is 8.15. The fraction of sp³-hybridized carbons (Fsp3) is 0.529. The lowest BCUT2D eigenvalue weighted by Gasteiger charge is -2.35. The number of anilines is 1. The molecular weight excluding hydrogens is 294 g/mol. The molecule has 0 aromatic heterocycles. The maximum Gasteiger partial charge on any atom is 0.266 e. The van der Waals surface area contributed by atoms with Crippen molar-refractivity contribution >= 4 is 17.5 Å². The second-order valence-electron chi connectivity index (χ2n) is 6.11. The molecule has 1 N–H and O–H groups in total. The van der Waals surface area contributed by atoms with Gasteiger partial charge in [-0.3, -0.25) is 9.59 Å². The topological polar surface area (TPSA) is 61.9 Å². The molecule has 0 aliphatic carbocycles. The second kappa shape index (κ2) is 6.58. The zero-order valence-corrected chi connectivity index (χ0v) is 13.7. The first-order chi connectivity index (χ1) is 11.1. The van der Waals surface area contributed by atoms with Gasteiger partial charge in [-0.05, 0) is 31.2 Å². The molecule has 0 spiro atoms. The number of hydrogen-bond acceptors (Lipinski definition) is 4. The molecule has 1 aromatic rings. The highest BCUT2D eigenvalue weighted by atomic mass is 16.5. The first-order valence-electron chi connectivity index (χ1n) is 8.15. The highest BCUT2D eigenvalue weighted by Crippen LogP contribution is 2.31. The van der Waals surface area contributed by atoms with Gasteiger partial charge in [0, 0.05) is 26.2 Å². The molecule has 23 heavy (non-hydrogen) atoms. The molecule has 2 heterocycles. The van der Waals surface area contributed by atoms with Crippen molar-refractivity contribution in [3.05, 3.63) is 23.8 Å². The summed E-state index contributed by atoms with van der Waals surface area (Å²) in [6.07, 6.45) is -0.660. The third-order valence-corrected chi connectivity index (χ3v) is 4.49. The summed E-state index contributed by atoms with van der Waals surface area (Å²) in [5.41, 5.74) is 1.73. The zero-order chi connectivity index (χ0) is 16.4. The zero-order valence-electron chi connectivity index (χ0n) is 13.7. The molecule has 1 saturated heterocycles. The van der Waals surface area contributed by atoms with Gasteiger partial charge in [-0.2, -0.15) is 0 Å². The van der Waals surface area contributed by atoms with Crippen LogP contribution in [-0.2, 0) is 9.59 Å². The van der Waals surface area contributed by atoms with E-state index in [1.54, 1.807) is 0 Å². The Labute approximate surface area is 136 Å². The fourth-order valence-corrected chi connectivity index (χ4v) is 3.00. The van der Waals surface area contributed by atoms with Crippen molar-refractivity contribution in [3.8, 4) is 5.75 Å². The largest absolute Gasteiger partial charge is 0.478 e. The number of rotatable bonds is 3. The molecule has 0 saturated carbocycles. The Morgan fingerprint density at radius 2 is 2.04 bits per heavy atom. The summed E-state index contributed by atoms with van der Waals surface area (Å²) in [6.45, 7) is 8.30. The summed E-state index contributed by atoms with van der Waals surface area (Å²) in [7, 11) is 0. The van der Waals surface area contributed by atoms with E-state index in [0.29, 0.717) is 11.4 Å². The molecule has 1 unspecified atom stereocenters. The van der Waals surface area contributed by atoms with Crippen LogP contribution < -0.4 is 10.1 Å². The molecule has 1 atom stereocenters. The van der Waals surface area contributed by atoms with Gasteiger partial charge in [0.15, 0.2) is 6.10 Å². The number of ether oxygens (including phenoxy) is 1. The summed E-state index contributed by atoms with van der Waals surface area (Å²) < 4.78 is 5.73. The van der Waals surface area contributed by atoms with Gasteiger partial charge < -0.3 is 19.9 Å². The van der Waals surface area contributed by atoms with E-state index in [4.69, 9.17) is 4.74 Å². The molecule has 3 rings (SSSR count). The average molecular weight is 317 g/mol. The lowest BCUT2D eigenvalue weighted by atomic mass is 10.1. The maximum atomic E-state index is 12.4. The Balaban J connectivity index is 1.61. The monoisotopic (exact) mass is 317 g/mol. The molecule has 2 aliphatic rings. The van der Waals surface area contributed by atoms with Crippen LogP contribution in [0.15, 0.2) is 18.2 Å². The molecule has 0 radical (unpaired) electrons. The van der Waals surface area contributed by atoms with Crippen LogP contribution in [0.1, 0.15) is 18.9 Å². The number of hydrogen-bond donors (Lipinski definition) is 1. The van der Waals surface area contributed by atoms with Gasteiger partial charge in [0.25, 0.3) is 5.91 Å². The van der Waals surface area contributed by atoms with E-state index in [2.05, 4.69) is 17.1 Å². The summed E-state index contributed by atoms with van der Waals surface area (Å²) in [4.78, 5) is 28.7. The minimum atomic E-state index is -0.748. The van der Waals surface area contributed by atoms with Gasteiger partial charge in [0.2, 0.25) is 5.91 Å². The van der Waals surface area contributed by atoms with E-state index in [-0.39, 0.29) is 18.2 Å². The predicted molar refractivity (Wildman–Crippen MR) is 87.5 cm³/mol. The number of nitrogens with zero attached hydrogens (tertiary/aromatic N) is 2. The van der Waals surface area contributed by atoms with Crippen molar-refractivity contribution in [3.63, 3.8) is 0 Å². The van der Waals surface area contributed by atoms with Crippen molar-refractivity contribution in [2.45, 2.75) is 26.4 Å². The van der Waals surface area contributed by atoms with Gasteiger partial charge >= 0.3 is 0 Å². The number of carbonyl (C=O) groups is 2. The number of fused-ring (bicyclic) bond motifs is 1. The molecule has 124 valence electrons. The third kappa shape index (κ3) is 3.47. The highest BCUT2D eigenvalue weighted by Gasteiger charge is 2.32. The number of likely N-dealkylation sites (N-methyl/N-ethyl adjacent to an activating group) is 1. The van der Waals surface area contributed by atoms with E-state index in [9.17, 15) is 9.59 Å². The van der Waals surface area contributed by atoms with Gasteiger partial charge in [-0.15, -0.1) is 0 Å². The van der Waals surface area contributed by atoms with Crippen molar-refractivity contribution in [1.82, 2.24) is 9.80 Å². The van der Waals surface area contributed by atoms with Crippen LogP contribution in [0, 0.1) is 6.92 Å². The van der Waals surface area contributed by atoms with Crippen molar-refractivity contribution in [2.24, 2.45) is 0 Å². The molecule has 0 bridgehead atoms. The molecule has 2 amide bonds. The Morgan fingerprint density at radius 3 is 2.74 bits per heavy atom. The number of carbonyl (C=O) groups excluding carboxylic acids is 2. The smallest absolute Gasteiger partial charge is 0.266 e. The van der Waals surface area contributed by atoms with Crippen LogP contribution in [-0.4, -0.2) is 60.4 Å². The maximum absolute atomic E-state index is 12.4. The minimum Gasteiger partial charge on any atom is -0.478 e.